The first-order valence-corrected chi connectivity index (χ1v) is 10.2. The fourth-order valence-corrected chi connectivity index (χ4v) is 5.77. The van der Waals surface area contributed by atoms with Gasteiger partial charge in [-0.05, 0) is 69.1 Å². The molecule has 2 unspecified atom stereocenters. The van der Waals surface area contributed by atoms with Gasteiger partial charge in [-0.3, -0.25) is 4.79 Å². The fraction of sp³-hybridized carbons (Fsp3) is 0.409. The number of nitrogens with zero attached hydrogens (tertiary/aromatic N) is 1. The summed E-state index contributed by atoms with van der Waals surface area (Å²) in [7, 11) is 3.69. The number of piperidine rings is 1. The van der Waals surface area contributed by atoms with Crippen molar-refractivity contribution in [2.24, 2.45) is 0 Å². The molecule has 2 fully saturated rings. The van der Waals surface area contributed by atoms with Crippen LogP contribution in [-0.2, 0) is 9.53 Å². The highest BCUT2D eigenvalue weighted by Crippen LogP contribution is 2.50. The van der Waals surface area contributed by atoms with Crippen molar-refractivity contribution in [3.63, 3.8) is 0 Å². The lowest BCUT2D eigenvalue weighted by molar-refractivity contribution is -0.145. The molecule has 2 aromatic rings. The third-order valence-corrected chi connectivity index (χ3v) is 7.19. The van der Waals surface area contributed by atoms with Gasteiger partial charge in [0.2, 0.25) is 0 Å². The number of methoxy groups -OCH3 is 1. The largest absolute Gasteiger partial charge is 0.468 e. The molecule has 0 saturated carbocycles. The average molecular weight is 384 g/mol. The number of benzene rings is 2. The van der Waals surface area contributed by atoms with E-state index in [1.54, 1.807) is 11.8 Å². The zero-order valence-electron chi connectivity index (χ0n) is 15.8. The highest BCUT2D eigenvalue weighted by atomic mass is 32.2. The first kappa shape index (κ1) is 18.4. The number of para-hydroxylation sites is 1. The standard InChI is InChI=1S/C22H25NO3S/c1-23-16-8-9-17(23)15-22(14-16,21(24)25-2)27-20-12-10-19(11-13-20)26-18-6-4-3-5-7-18/h3-7,10-13,16-17H,8-9,14-15H2,1-2H3. The molecule has 2 atom stereocenters. The Labute approximate surface area is 164 Å². The van der Waals surface area contributed by atoms with Gasteiger partial charge in [0.1, 0.15) is 16.2 Å². The summed E-state index contributed by atoms with van der Waals surface area (Å²) in [6, 6.07) is 18.7. The van der Waals surface area contributed by atoms with Crippen LogP contribution in [0, 0.1) is 0 Å². The molecule has 2 heterocycles. The van der Waals surface area contributed by atoms with E-state index < -0.39 is 4.75 Å². The first-order chi connectivity index (χ1) is 13.1. The predicted octanol–water partition coefficient (Wildman–Crippen LogP) is 4.74. The lowest BCUT2D eigenvalue weighted by atomic mass is 9.90. The van der Waals surface area contributed by atoms with Gasteiger partial charge in [-0.15, -0.1) is 11.8 Å². The molecule has 2 aliphatic rings. The van der Waals surface area contributed by atoms with Gasteiger partial charge < -0.3 is 14.4 Å². The van der Waals surface area contributed by atoms with Crippen molar-refractivity contribution in [1.29, 1.82) is 0 Å². The quantitative estimate of drug-likeness (QED) is 0.698. The molecule has 0 spiro atoms. The molecule has 0 amide bonds. The van der Waals surface area contributed by atoms with Crippen molar-refractivity contribution in [3.8, 4) is 11.5 Å². The van der Waals surface area contributed by atoms with Gasteiger partial charge in [0.25, 0.3) is 0 Å². The minimum Gasteiger partial charge on any atom is -0.468 e. The second kappa shape index (κ2) is 7.56. The number of thioether (sulfide) groups is 1. The van der Waals surface area contributed by atoms with Crippen LogP contribution >= 0.6 is 11.8 Å². The molecule has 4 rings (SSSR count). The van der Waals surface area contributed by atoms with Gasteiger partial charge >= 0.3 is 5.97 Å². The maximum absolute atomic E-state index is 12.7. The van der Waals surface area contributed by atoms with E-state index in [2.05, 4.69) is 11.9 Å². The van der Waals surface area contributed by atoms with E-state index in [1.165, 1.54) is 20.0 Å². The normalized spacial score (nSPS) is 27.3. The number of carbonyl (C=O) groups is 1. The topological polar surface area (TPSA) is 38.8 Å². The van der Waals surface area contributed by atoms with Crippen LogP contribution in [0.25, 0.3) is 0 Å². The van der Waals surface area contributed by atoms with Crippen molar-refractivity contribution < 1.29 is 14.3 Å². The Morgan fingerprint density at radius 1 is 1.00 bits per heavy atom. The monoisotopic (exact) mass is 383 g/mol. The van der Waals surface area contributed by atoms with Crippen LogP contribution in [0.15, 0.2) is 59.5 Å². The number of hydrogen-bond donors (Lipinski definition) is 0. The van der Waals surface area contributed by atoms with E-state index in [-0.39, 0.29) is 5.97 Å². The van der Waals surface area contributed by atoms with E-state index in [1.807, 2.05) is 54.6 Å². The summed E-state index contributed by atoms with van der Waals surface area (Å²) in [4.78, 5) is 16.3. The molecule has 0 radical (unpaired) electrons. The van der Waals surface area contributed by atoms with Crippen LogP contribution in [0.4, 0.5) is 0 Å². The van der Waals surface area contributed by atoms with E-state index in [4.69, 9.17) is 9.47 Å². The number of ether oxygens (including phenoxy) is 2. The highest BCUT2D eigenvalue weighted by Gasteiger charge is 2.52. The van der Waals surface area contributed by atoms with Gasteiger partial charge in [-0.2, -0.15) is 0 Å². The maximum atomic E-state index is 12.7. The number of carbonyl (C=O) groups excluding carboxylic acids is 1. The Bertz CT molecular complexity index is 779. The fourth-order valence-electron chi connectivity index (χ4n) is 4.33. The van der Waals surface area contributed by atoms with Crippen molar-refractivity contribution >= 4 is 17.7 Å². The molecule has 2 bridgehead atoms. The van der Waals surface area contributed by atoms with Gasteiger partial charge in [-0.1, -0.05) is 18.2 Å². The molecule has 5 heteroatoms. The summed E-state index contributed by atoms with van der Waals surface area (Å²) in [6.07, 6.45) is 4.04. The Kier molecular flexibility index (Phi) is 5.15. The van der Waals surface area contributed by atoms with E-state index in [0.717, 1.165) is 29.2 Å². The Morgan fingerprint density at radius 3 is 2.19 bits per heavy atom. The molecule has 142 valence electrons. The number of esters is 1. The van der Waals surface area contributed by atoms with Crippen LogP contribution in [-0.4, -0.2) is 41.9 Å². The molecule has 0 aromatic heterocycles. The Hall–Kier alpha value is -1.98. The summed E-state index contributed by atoms with van der Waals surface area (Å²) in [5.74, 6) is 1.51. The number of fused-ring (bicyclic) bond motifs is 2. The number of hydrogen-bond acceptors (Lipinski definition) is 5. The molecular formula is C22H25NO3S. The van der Waals surface area contributed by atoms with E-state index in [0.29, 0.717) is 12.1 Å². The predicted molar refractivity (Wildman–Crippen MR) is 107 cm³/mol. The number of rotatable bonds is 5. The van der Waals surface area contributed by atoms with E-state index >= 15 is 0 Å². The zero-order chi connectivity index (χ0) is 18.9. The van der Waals surface area contributed by atoms with Crippen molar-refractivity contribution in [2.45, 2.75) is 47.4 Å². The van der Waals surface area contributed by atoms with E-state index in [9.17, 15) is 4.79 Å². The van der Waals surface area contributed by atoms with Crippen LogP contribution in [0.1, 0.15) is 25.7 Å². The summed E-state index contributed by atoms with van der Waals surface area (Å²) in [6.45, 7) is 0. The summed E-state index contributed by atoms with van der Waals surface area (Å²) in [5.41, 5.74) is 0. The molecular weight excluding hydrogens is 358 g/mol. The third kappa shape index (κ3) is 3.71. The summed E-state index contributed by atoms with van der Waals surface area (Å²) >= 11 is 1.65. The molecule has 0 aliphatic carbocycles. The van der Waals surface area contributed by atoms with Crippen LogP contribution in [0.3, 0.4) is 0 Å². The SMILES string of the molecule is COC(=O)C1(Sc2ccc(Oc3ccccc3)cc2)CC2CCC(C1)N2C. The minimum atomic E-state index is -0.491. The average Bonchev–Trinajstić information content (AvgIpc) is 2.91. The summed E-state index contributed by atoms with van der Waals surface area (Å²) in [5, 5.41) is 0. The third-order valence-electron chi connectivity index (χ3n) is 5.79. The van der Waals surface area contributed by atoms with Gasteiger partial charge in [0.15, 0.2) is 0 Å². The van der Waals surface area contributed by atoms with Crippen molar-refractivity contribution in [2.75, 3.05) is 14.2 Å². The van der Waals surface area contributed by atoms with Gasteiger partial charge in [0, 0.05) is 17.0 Å². The first-order valence-electron chi connectivity index (χ1n) is 9.42. The summed E-state index contributed by atoms with van der Waals surface area (Å²) < 4.78 is 10.6. The van der Waals surface area contributed by atoms with Crippen LogP contribution in [0.5, 0.6) is 11.5 Å². The molecule has 2 aromatic carbocycles. The zero-order valence-corrected chi connectivity index (χ0v) is 16.6. The minimum absolute atomic E-state index is 0.0953. The van der Waals surface area contributed by atoms with Crippen LogP contribution < -0.4 is 4.74 Å². The van der Waals surface area contributed by atoms with Crippen molar-refractivity contribution in [1.82, 2.24) is 4.90 Å². The maximum Gasteiger partial charge on any atom is 0.322 e. The van der Waals surface area contributed by atoms with Crippen molar-refractivity contribution in [3.05, 3.63) is 54.6 Å². The Morgan fingerprint density at radius 2 is 1.59 bits per heavy atom. The molecule has 2 saturated heterocycles. The lowest BCUT2D eigenvalue weighted by Gasteiger charge is -2.42. The second-order valence-electron chi connectivity index (χ2n) is 7.43. The lowest BCUT2D eigenvalue weighted by Crippen LogP contribution is -2.51. The highest BCUT2D eigenvalue weighted by molar-refractivity contribution is 8.01. The molecule has 27 heavy (non-hydrogen) atoms. The second-order valence-corrected chi connectivity index (χ2v) is 8.89. The molecule has 2 aliphatic heterocycles. The molecule has 0 N–H and O–H groups in total. The molecule has 4 nitrogen and oxygen atoms in total. The smallest absolute Gasteiger partial charge is 0.322 e. The van der Waals surface area contributed by atoms with Gasteiger partial charge in [0.05, 0.1) is 7.11 Å². The Balaban J connectivity index is 1.51. The van der Waals surface area contributed by atoms with Gasteiger partial charge in [-0.25, -0.2) is 0 Å². The van der Waals surface area contributed by atoms with Crippen LogP contribution in [0.2, 0.25) is 0 Å².